The summed E-state index contributed by atoms with van der Waals surface area (Å²) in [6, 6.07) is 8.74. The number of nitrogens with zero attached hydrogens (tertiary/aromatic N) is 3. The third kappa shape index (κ3) is 2.97. The van der Waals surface area contributed by atoms with E-state index in [1.54, 1.807) is 24.3 Å². The monoisotopic (exact) mass is 269 g/mol. The zero-order chi connectivity index (χ0) is 14.5. The maximum Gasteiger partial charge on any atom is 0.246 e. The van der Waals surface area contributed by atoms with E-state index in [1.807, 2.05) is 6.07 Å². The molecule has 2 rings (SSSR count). The van der Waals surface area contributed by atoms with E-state index in [4.69, 9.17) is 16.4 Å². The van der Waals surface area contributed by atoms with Gasteiger partial charge in [-0.05, 0) is 12.1 Å². The molecule has 0 fully saturated rings. The molecule has 0 atom stereocenters. The normalized spacial score (nSPS) is 14.2. The van der Waals surface area contributed by atoms with E-state index in [0.29, 0.717) is 11.4 Å². The van der Waals surface area contributed by atoms with Gasteiger partial charge < -0.3 is 5.73 Å². The van der Waals surface area contributed by atoms with Crippen LogP contribution in [0.2, 0.25) is 0 Å². The van der Waals surface area contributed by atoms with Gasteiger partial charge in [-0.15, -0.1) is 0 Å². The molecule has 0 aromatic heterocycles. The van der Waals surface area contributed by atoms with E-state index in [1.165, 1.54) is 0 Å². The van der Waals surface area contributed by atoms with Gasteiger partial charge in [-0.3, -0.25) is 15.6 Å². The van der Waals surface area contributed by atoms with Crippen LogP contribution in [0.4, 0.5) is 5.69 Å². The third-order valence-corrected chi connectivity index (χ3v) is 2.50. The molecular weight excluding hydrogens is 258 g/mol. The second kappa shape index (κ2) is 5.62. The maximum atomic E-state index is 11.1. The molecule has 0 aliphatic carbocycles. The number of nitriles is 1. The summed E-state index contributed by atoms with van der Waals surface area (Å²) >= 11 is 0. The summed E-state index contributed by atoms with van der Waals surface area (Å²) in [5.41, 5.74) is 12.0. The van der Waals surface area contributed by atoms with Crippen molar-refractivity contribution < 1.29 is 4.79 Å². The molecule has 1 aromatic rings. The van der Waals surface area contributed by atoms with Gasteiger partial charge >= 0.3 is 0 Å². The highest BCUT2D eigenvalue weighted by molar-refractivity contribution is 6.45. The first-order valence-corrected chi connectivity index (χ1v) is 5.64. The van der Waals surface area contributed by atoms with E-state index in [-0.39, 0.29) is 18.0 Å². The minimum Gasteiger partial charge on any atom is -0.382 e. The van der Waals surface area contributed by atoms with Crippen LogP contribution in [0.15, 0.2) is 34.5 Å². The average Bonchev–Trinajstić information content (AvgIpc) is 2.86. The van der Waals surface area contributed by atoms with Crippen LogP contribution in [0.3, 0.4) is 0 Å². The summed E-state index contributed by atoms with van der Waals surface area (Å²) < 4.78 is 0. The summed E-state index contributed by atoms with van der Waals surface area (Å²) in [5, 5.41) is 23.5. The highest BCUT2D eigenvalue weighted by atomic mass is 16.2. The van der Waals surface area contributed by atoms with Crippen molar-refractivity contribution in [3.63, 3.8) is 0 Å². The quantitative estimate of drug-likeness (QED) is 0.350. The Kier molecular flexibility index (Phi) is 3.72. The zero-order valence-corrected chi connectivity index (χ0v) is 10.3. The van der Waals surface area contributed by atoms with Crippen LogP contribution in [0.25, 0.3) is 0 Å². The number of amidine groups is 1. The highest BCUT2D eigenvalue weighted by Crippen LogP contribution is 2.14. The number of nitrogens with one attached hydrogen (secondary N) is 3. The summed E-state index contributed by atoms with van der Waals surface area (Å²) in [4.78, 5) is 11.1. The van der Waals surface area contributed by atoms with Crippen molar-refractivity contribution in [3.05, 3.63) is 29.8 Å². The standard InChI is InChI=1S/C12H11N7O/c13-6-10(12(14)15)18-16-8-3-1-2-7(4-8)9-5-11(20)19-17-9/h1-4,16H,5H2,(H3,14,15)(H,19,20)/b18-10+. The van der Waals surface area contributed by atoms with Crippen molar-refractivity contribution in [2.75, 3.05) is 5.43 Å². The summed E-state index contributed by atoms with van der Waals surface area (Å²) in [5.74, 6) is -0.564. The second-order valence-electron chi connectivity index (χ2n) is 3.95. The predicted octanol–water partition coefficient (Wildman–Crippen LogP) is 0.138. The van der Waals surface area contributed by atoms with Gasteiger partial charge in [0.15, 0.2) is 5.84 Å². The highest BCUT2D eigenvalue weighted by Gasteiger charge is 2.16. The van der Waals surface area contributed by atoms with Crippen molar-refractivity contribution >= 4 is 28.9 Å². The number of benzene rings is 1. The summed E-state index contributed by atoms with van der Waals surface area (Å²) in [6.45, 7) is 0. The van der Waals surface area contributed by atoms with E-state index in [0.717, 1.165) is 5.56 Å². The molecule has 0 unspecified atom stereocenters. The Hall–Kier alpha value is -3.21. The van der Waals surface area contributed by atoms with Crippen LogP contribution in [0.1, 0.15) is 12.0 Å². The Balaban J connectivity index is 2.17. The molecule has 0 saturated heterocycles. The van der Waals surface area contributed by atoms with Gasteiger partial charge in [-0.2, -0.15) is 15.5 Å². The molecule has 8 nitrogen and oxygen atoms in total. The Morgan fingerprint density at radius 2 is 2.40 bits per heavy atom. The van der Waals surface area contributed by atoms with Gasteiger partial charge in [0.1, 0.15) is 6.07 Å². The van der Waals surface area contributed by atoms with Crippen LogP contribution in [0, 0.1) is 16.7 Å². The molecule has 1 aromatic carbocycles. The fraction of sp³-hybridized carbons (Fsp3) is 0.0833. The van der Waals surface area contributed by atoms with Crippen molar-refractivity contribution in [2.45, 2.75) is 6.42 Å². The van der Waals surface area contributed by atoms with E-state index >= 15 is 0 Å². The van der Waals surface area contributed by atoms with Gasteiger partial charge in [-0.1, -0.05) is 12.1 Å². The number of nitrogens with two attached hydrogens (primary N) is 1. The predicted molar refractivity (Wildman–Crippen MR) is 74.3 cm³/mol. The Morgan fingerprint density at radius 3 is 3.00 bits per heavy atom. The molecule has 20 heavy (non-hydrogen) atoms. The number of hydrogen-bond donors (Lipinski definition) is 4. The average molecular weight is 269 g/mol. The molecule has 100 valence electrons. The lowest BCUT2D eigenvalue weighted by molar-refractivity contribution is -0.119. The number of rotatable bonds is 4. The fourth-order valence-corrected chi connectivity index (χ4v) is 1.56. The molecule has 1 aliphatic rings. The van der Waals surface area contributed by atoms with Crippen molar-refractivity contribution in [1.29, 1.82) is 10.7 Å². The number of carbonyl (C=O) groups is 1. The zero-order valence-electron chi connectivity index (χ0n) is 10.3. The maximum absolute atomic E-state index is 11.1. The fourth-order valence-electron chi connectivity index (χ4n) is 1.56. The minimum absolute atomic E-state index is 0.153. The molecular formula is C12H11N7O. The molecule has 0 spiro atoms. The number of amides is 1. The summed E-state index contributed by atoms with van der Waals surface area (Å²) in [7, 11) is 0. The lowest BCUT2D eigenvalue weighted by atomic mass is 10.1. The van der Waals surface area contributed by atoms with Crippen molar-refractivity contribution in [2.24, 2.45) is 15.9 Å². The largest absolute Gasteiger partial charge is 0.382 e. The van der Waals surface area contributed by atoms with Crippen molar-refractivity contribution in [1.82, 2.24) is 5.43 Å². The first-order chi connectivity index (χ1) is 9.60. The van der Waals surface area contributed by atoms with E-state index in [9.17, 15) is 4.79 Å². The topological polar surface area (TPSA) is 140 Å². The van der Waals surface area contributed by atoms with Gasteiger partial charge in [0.2, 0.25) is 11.6 Å². The Bertz CT molecular complexity index is 669. The molecule has 8 heteroatoms. The second-order valence-corrected chi connectivity index (χ2v) is 3.95. The Morgan fingerprint density at radius 1 is 1.60 bits per heavy atom. The third-order valence-electron chi connectivity index (χ3n) is 2.50. The number of hydrogen-bond acceptors (Lipinski definition) is 6. The molecule has 0 bridgehead atoms. The number of hydrazone groups is 2. The SMILES string of the molecule is N#C/C(=N\Nc1cccc(C2=NNC(=O)C2)c1)C(=N)N. The van der Waals surface area contributed by atoms with E-state index < -0.39 is 5.84 Å². The molecule has 1 heterocycles. The molecule has 0 radical (unpaired) electrons. The summed E-state index contributed by atoms with van der Waals surface area (Å²) in [6.07, 6.45) is 0.226. The lowest BCUT2D eigenvalue weighted by Gasteiger charge is -2.04. The molecule has 1 aliphatic heterocycles. The Labute approximate surface area is 114 Å². The molecule has 0 saturated carbocycles. The van der Waals surface area contributed by atoms with Crippen LogP contribution < -0.4 is 16.6 Å². The smallest absolute Gasteiger partial charge is 0.246 e. The number of carbonyl (C=O) groups excluding carboxylic acids is 1. The van der Waals surface area contributed by atoms with Gasteiger partial charge in [0, 0.05) is 5.56 Å². The van der Waals surface area contributed by atoms with Crippen LogP contribution in [-0.2, 0) is 4.79 Å². The molecule has 5 N–H and O–H groups in total. The van der Waals surface area contributed by atoms with Crippen molar-refractivity contribution in [3.8, 4) is 6.07 Å². The van der Waals surface area contributed by atoms with Crippen LogP contribution in [-0.4, -0.2) is 23.2 Å². The van der Waals surface area contributed by atoms with E-state index in [2.05, 4.69) is 21.1 Å². The molecule has 1 amide bonds. The van der Waals surface area contributed by atoms with Crippen LogP contribution in [0.5, 0.6) is 0 Å². The van der Waals surface area contributed by atoms with Crippen LogP contribution >= 0.6 is 0 Å². The first kappa shape index (κ1) is 13.2. The lowest BCUT2D eigenvalue weighted by Crippen LogP contribution is -2.21. The first-order valence-electron chi connectivity index (χ1n) is 5.64. The van der Waals surface area contributed by atoms with Gasteiger partial charge in [-0.25, -0.2) is 5.43 Å². The van der Waals surface area contributed by atoms with Gasteiger partial charge in [0.25, 0.3) is 0 Å². The van der Waals surface area contributed by atoms with Gasteiger partial charge in [0.05, 0.1) is 17.8 Å². The number of anilines is 1. The minimum atomic E-state index is -0.411.